The third kappa shape index (κ3) is 3.84. The van der Waals surface area contributed by atoms with E-state index in [1.165, 1.54) is 0 Å². The van der Waals surface area contributed by atoms with Crippen LogP contribution in [0.2, 0.25) is 0 Å². The van der Waals surface area contributed by atoms with E-state index in [0.717, 1.165) is 27.9 Å². The second-order valence-electron chi connectivity index (χ2n) is 6.56. The minimum absolute atomic E-state index is 0.124. The van der Waals surface area contributed by atoms with Crippen LogP contribution in [0.1, 0.15) is 12.0 Å². The summed E-state index contributed by atoms with van der Waals surface area (Å²) in [5, 5.41) is 11.0. The molecule has 0 radical (unpaired) electrons. The molecule has 7 heteroatoms. The number of benzene rings is 2. The molecule has 4 aromatic rings. The molecular weight excluding hydrogens is 370 g/mol. The maximum absolute atomic E-state index is 12.4. The van der Waals surface area contributed by atoms with Crippen LogP contribution in [0.15, 0.2) is 60.7 Å². The summed E-state index contributed by atoms with van der Waals surface area (Å²) in [5.41, 5.74) is 2.95. The zero-order valence-corrected chi connectivity index (χ0v) is 16.2. The summed E-state index contributed by atoms with van der Waals surface area (Å²) >= 11 is 5.34. The van der Waals surface area contributed by atoms with Gasteiger partial charge >= 0.3 is 0 Å². The number of amides is 1. The topological polar surface area (TPSA) is 75.6 Å². The lowest BCUT2D eigenvalue weighted by molar-refractivity contribution is -0.116. The third-order valence-electron chi connectivity index (χ3n) is 4.46. The van der Waals surface area contributed by atoms with Crippen molar-refractivity contribution in [3.63, 3.8) is 0 Å². The van der Waals surface area contributed by atoms with E-state index in [0.29, 0.717) is 17.1 Å². The molecule has 0 aliphatic carbocycles. The molecule has 6 nitrogen and oxygen atoms in total. The third-order valence-corrected chi connectivity index (χ3v) is 4.77. The number of nitrogens with zero attached hydrogens (tertiary/aromatic N) is 3. The Kier molecular flexibility index (Phi) is 4.99. The summed E-state index contributed by atoms with van der Waals surface area (Å²) in [4.78, 5) is 16.9. The van der Waals surface area contributed by atoms with Gasteiger partial charge in [0, 0.05) is 23.9 Å². The quantitative estimate of drug-likeness (QED) is 0.493. The molecule has 0 atom stereocenters. The molecule has 28 heavy (non-hydrogen) atoms. The van der Waals surface area contributed by atoms with Gasteiger partial charge in [0.2, 0.25) is 5.91 Å². The molecule has 0 spiro atoms. The minimum atomic E-state index is -0.124. The number of aromatic nitrogens is 4. The number of carbonyl (C=O) groups excluding carboxylic acids is 1. The summed E-state index contributed by atoms with van der Waals surface area (Å²) in [7, 11) is 0. The predicted molar refractivity (Wildman–Crippen MR) is 113 cm³/mol. The van der Waals surface area contributed by atoms with Gasteiger partial charge in [-0.25, -0.2) is 4.98 Å². The van der Waals surface area contributed by atoms with Crippen molar-refractivity contribution in [3.05, 3.63) is 71.0 Å². The normalized spacial score (nSPS) is 10.9. The van der Waals surface area contributed by atoms with Crippen LogP contribution in [0.4, 0.5) is 5.82 Å². The Morgan fingerprint density at radius 3 is 2.86 bits per heavy atom. The number of hydrogen-bond acceptors (Lipinski definition) is 4. The van der Waals surface area contributed by atoms with Gasteiger partial charge in [0.05, 0.1) is 5.52 Å². The summed E-state index contributed by atoms with van der Waals surface area (Å²) in [6.07, 6.45) is 0.265. The number of hydrogen-bond donors (Lipinski definition) is 2. The SMILES string of the molecule is Cc1cccc(-c2n[nH]c(=S)n2CCC(=O)Nc2ccc3ccccc3n2)c1. The second kappa shape index (κ2) is 7.74. The standard InChI is InChI=1S/C21H19N5OS/c1-14-5-4-7-16(13-14)20-24-25-21(28)26(20)12-11-19(27)23-18-10-9-15-6-2-3-8-17(15)22-18/h2-10,13H,11-12H2,1H3,(H,25,28)(H,22,23,27). The lowest BCUT2D eigenvalue weighted by atomic mass is 10.1. The largest absolute Gasteiger partial charge is 0.311 e. The number of rotatable bonds is 5. The number of nitrogens with one attached hydrogen (secondary N) is 2. The molecule has 2 aromatic heterocycles. The fraction of sp³-hybridized carbons (Fsp3) is 0.143. The van der Waals surface area contributed by atoms with Crippen molar-refractivity contribution in [2.24, 2.45) is 0 Å². The molecule has 0 fully saturated rings. The van der Waals surface area contributed by atoms with Gasteiger partial charge < -0.3 is 5.32 Å². The molecular formula is C21H19N5OS. The average Bonchev–Trinajstić information content (AvgIpc) is 3.07. The molecule has 140 valence electrons. The van der Waals surface area contributed by atoms with E-state index in [4.69, 9.17) is 12.2 Å². The molecule has 0 saturated heterocycles. The number of anilines is 1. The average molecular weight is 389 g/mol. The lowest BCUT2D eigenvalue weighted by Crippen LogP contribution is -2.15. The van der Waals surface area contributed by atoms with Crippen LogP contribution in [0.5, 0.6) is 0 Å². The minimum Gasteiger partial charge on any atom is -0.311 e. The molecule has 0 aliphatic rings. The van der Waals surface area contributed by atoms with Gasteiger partial charge in [0.15, 0.2) is 10.6 Å². The highest BCUT2D eigenvalue weighted by Gasteiger charge is 2.11. The molecule has 0 bridgehead atoms. The number of H-pyrrole nitrogens is 1. The summed E-state index contributed by atoms with van der Waals surface area (Å²) in [5.74, 6) is 1.14. The molecule has 0 saturated carbocycles. The van der Waals surface area contributed by atoms with Gasteiger partial charge in [0.1, 0.15) is 5.82 Å². The first-order valence-electron chi connectivity index (χ1n) is 8.98. The van der Waals surface area contributed by atoms with Crippen molar-refractivity contribution in [2.45, 2.75) is 19.9 Å². The van der Waals surface area contributed by atoms with Crippen LogP contribution in [0.25, 0.3) is 22.3 Å². The first-order valence-corrected chi connectivity index (χ1v) is 9.39. The maximum Gasteiger partial charge on any atom is 0.227 e. The lowest BCUT2D eigenvalue weighted by Gasteiger charge is -2.09. The van der Waals surface area contributed by atoms with Crippen LogP contribution in [-0.4, -0.2) is 25.7 Å². The van der Waals surface area contributed by atoms with Crippen LogP contribution >= 0.6 is 12.2 Å². The Hall–Kier alpha value is -3.32. The molecule has 1 amide bonds. The number of para-hydroxylation sites is 1. The van der Waals surface area contributed by atoms with Gasteiger partial charge in [-0.05, 0) is 43.4 Å². The Balaban J connectivity index is 1.47. The first kappa shape index (κ1) is 18.1. The van der Waals surface area contributed by atoms with Crippen molar-refractivity contribution < 1.29 is 4.79 Å². The summed E-state index contributed by atoms with van der Waals surface area (Å²) in [6, 6.07) is 19.6. The second-order valence-corrected chi connectivity index (χ2v) is 6.95. The van der Waals surface area contributed by atoms with E-state index in [-0.39, 0.29) is 12.3 Å². The number of aryl methyl sites for hydroxylation is 1. The van der Waals surface area contributed by atoms with Gasteiger partial charge in [0.25, 0.3) is 0 Å². The van der Waals surface area contributed by atoms with Crippen molar-refractivity contribution >= 4 is 34.8 Å². The highest BCUT2D eigenvalue weighted by Crippen LogP contribution is 2.19. The van der Waals surface area contributed by atoms with Crippen molar-refractivity contribution in [1.82, 2.24) is 19.7 Å². The Morgan fingerprint density at radius 2 is 2.00 bits per heavy atom. The Bertz CT molecular complexity index is 1210. The van der Waals surface area contributed by atoms with Crippen molar-refractivity contribution in [1.29, 1.82) is 0 Å². The van der Waals surface area contributed by atoms with Crippen LogP contribution < -0.4 is 5.32 Å². The summed E-state index contributed by atoms with van der Waals surface area (Å²) in [6.45, 7) is 2.46. The van der Waals surface area contributed by atoms with E-state index in [9.17, 15) is 4.79 Å². The monoisotopic (exact) mass is 389 g/mol. The van der Waals surface area contributed by atoms with E-state index >= 15 is 0 Å². The Labute approximate surface area is 167 Å². The Morgan fingerprint density at radius 1 is 1.14 bits per heavy atom. The molecule has 4 rings (SSSR count). The van der Waals surface area contributed by atoms with E-state index in [1.54, 1.807) is 0 Å². The predicted octanol–water partition coefficient (Wildman–Crippen LogP) is 4.49. The molecule has 0 aliphatic heterocycles. The molecule has 2 N–H and O–H groups in total. The zero-order valence-electron chi connectivity index (χ0n) is 15.3. The van der Waals surface area contributed by atoms with Crippen LogP contribution in [-0.2, 0) is 11.3 Å². The number of pyridine rings is 1. The van der Waals surface area contributed by atoms with E-state index in [2.05, 4.69) is 20.5 Å². The number of fused-ring (bicyclic) bond motifs is 1. The van der Waals surface area contributed by atoms with E-state index in [1.807, 2.05) is 72.2 Å². The van der Waals surface area contributed by atoms with Gasteiger partial charge in [-0.1, -0.05) is 42.0 Å². The van der Waals surface area contributed by atoms with Crippen molar-refractivity contribution in [3.8, 4) is 11.4 Å². The number of aromatic amines is 1. The fourth-order valence-electron chi connectivity index (χ4n) is 3.08. The molecule has 0 unspecified atom stereocenters. The van der Waals surface area contributed by atoms with Crippen LogP contribution in [0.3, 0.4) is 0 Å². The van der Waals surface area contributed by atoms with Gasteiger partial charge in [-0.15, -0.1) is 0 Å². The highest BCUT2D eigenvalue weighted by atomic mass is 32.1. The maximum atomic E-state index is 12.4. The molecule has 2 heterocycles. The van der Waals surface area contributed by atoms with E-state index < -0.39 is 0 Å². The summed E-state index contributed by atoms with van der Waals surface area (Å²) < 4.78 is 2.34. The zero-order chi connectivity index (χ0) is 19.5. The smallest absolute Gasteiger partial charge is 0.227 e. The first-order chi connectivity index (χ1) is 13.6. The fourth-order valence-corrected chi connectivity index (χ4v) is 3.31. The highest BCUT2D eigenvalue weighted by molar-refractivity contribution is 7.71. The van der Waals surface area contributed by atoms with Crippen molar-refractivity contribution in [2.75, 3.05) is 5.32 Å². The molecule has 2 aromatic carbocycles. The number of carbonyl (C=O) groups is 1. The van der Waals surface area contributed by atoms with Gasteiger partial charge in [-0.3, -0.25) is 14.5 Å². The van der Waals surface area contributed by atoms with Gasteiger partial charge in [-0.2, -0.15) is 5.10 Å². The van der Waals surface area contributed by atoms with Crippen LogP contribution in [0, 0.1) is 11.7 Å².